The lowest BCUT2D eigenvalue weighted by Crippen LogP contribution is -2.34. The number of nitrogens with zero attached hydrogens (tertiary/aromatic N) is 2. The summed E-state index contributed by atoms with van der Waals surface area (Å²) in [5.41, 5.74) is 15.4. The smallest absolute Gasteiger partial charge is 0.0497 e. The van der Waals surface area contributed by atoms with Crippen LogP contribution in [0.2, 0.25) is 5.02 Å². The van der Waals surface area contributed by atoms with Gasteiger partial charge in [0.1, 0.15) is 0 Å². The molecule has 0 saturated carbocycles. The molecule has 0 aromatic heterocycles. The Bertz CT molecular complexity index is 2170. The van der Waals surface area contributed by atoms with Crippen molar-refractivity contribution in [2.75, 3.05) is 9.80 Å². The third-order valence-electron chi connectivity index (χ3n) is 13.5. The molecule has 2 nitrogen and oxygen atoms in total. The summed E-state index contributed by atoms with van der Waals surface area (Å²) in [5.74, 6) is 0. The van der Waals surface area contributed by atoms with E-state index in [1.54, 1.807) is 0 Å². The Morgan fingerprint density at radius 3 is 1.07 bits per heavy atom. The summed E-state index contributed by atoms with van der Waals surface area (Å²) in [7, 11) is 0. The molecule has 0 atom stereocenters. The fourth-order valence-corrected chi connectivity index (χ4v) is 9.59. The van der Waals surface area contributed by atoms with Crippen LogP contribution in [0.3, 0.4) is 0 Å². The van der Waals surface area contributed by atoms with Crippen molar-refractivity contribution in [2.45, 2.75) is 155 Å². The standard InChI is InChI=1S/C54H67ClN2/c1-49(2,3)36-17-15-19-39(29-36)56(40-20-16-18-37(30-40)50(4,5)6)43-31-38(55)32-44(33-43)57(41-21-23-45-47(34-41)53(11,12)27-25-51(45,7)8)42-22-24-46-48(35-42)54(13,14)28-26-52(46,9)10/h15-24,29-35H,25-28H2,1-14H3. The van der Waals surface area contributed by atoms with E-state index in [-0.39, 0.29) is 32.5 Å². The van der Waals surface area contributed by atoms with Crippen LogP contribution in [-0.2, 0) is 32.5 Å². The van der Waals surface area contributed by atoms with Gasteiger partial charge in [-0.15, -0.1) is 0 Å². The van der Waals surface area contributed by atoms with Crippen molar-refractivity contribution >= 4 is 45.7 Å². The minimum absolute atomic E-state index is 0.00515. The highest BCUT2D eigenvalue weighted by atomic mass is 35.5. The lowest BCUT2D eigenvalue weighted by Gasteiger charge is -2.43. The van der Waals surface area contributed by atoms with Gasteiger partial charge in [0.15, 0.2) is 0 Å². The van der Waals surface area contributed by atoms with Gasteiger partial charge in [-0.05, 0) is 158 Å². The predicted octanol–water partition coefficient (Wildman–Crippen LogP) is 16.6. The van der Waals surface area contributed by atoms with Crippen molar-refractivity contribution in [3.63, 3.8) is 0 Å². The van der Waals surface area contributed by atoms with Gasteiger partial charge in [-0.3, -0.25) is 0 Å². The lowest BCUT2D eigenvalue weighted by molar-refractivity contribution is 0.332. The highest BCUT2D eigenvalue weighted by molar-refractivity contribution is 6.31. The van der Waals surface area contributed by atoms with Gasteiger partial charge in [0.25, 0.3) is 0 Å². The van der Waals surface area contributed by atoms with Crippen molar-refractivity contribution in [1.82, 2.24) is 0 Å². The quantitative estimate of drug-likeness (QED) is 0.169. The lowest BCUT2D eigenvalue weighted by atomic mass is 9.63. The Morgan fingerprint density at radius 2 is 0.719 bits per heavy atom. The molecule has 0 heterocycles. The van der Waals surface area contributed by atoms with Crippen LogP contribution in [0.4, 0.5) is 34.1 Å². The van der Waals surface area contributed by atoms with E-state index >= 15 is 0 Å². The van der Waals surface area contributed by atoms with Crippen LogP contribution >= 0.6 is 11.6 Å². The number of rotatable bonds is 6. The van der Waals surface area contributed by atoms with Crippen LogP contribution < -0.4 is 9.80 Å². The van der Waals surface area contributed by atoms with E-state index in [1.807, 2.05) is 0 Å². The number of hydrogen-bond acceptors (Lipinski definition) is 2. The molecule has 0 N–H and O–H groups in total. The molecule has 0 unspecified atom stereocenters. The second-order valence-electron chi connectivity index (χ2n) is 21.9. The minimum atomic E-state index is -0.00515. The van der Waals surface area contributed by atoms with Crippen LogP contribution in [0, 0.1) is 0 Å². The summed E-state index contributed by atoms with van der Waals surface area (Å²) in [4.78, 5) is 4.87. The highest BCUT2D eigenvalue weighted by Crippen LogP contribution is 2.52. The molecule has 0 amide bonds. The molecule has 0 fully saturated rings. The topological polar surface area (TPSA) is 6.48 Å². The molecular weight excluding hydrogens is 712 g/mol. The Kier molecular flexibility index (Phi) is 10.2. The van der Waals surface area contributed by atoms with E-state index in [2.05, 4.69) is 210 Å². The van der Waals surface area contributed by atoms with Crippen molar-refractivity contribution in [3.8, 4) is 0 Å². The van der Waals surface area contributed by atoms with Crippen LogP contribution in [0.15, 0.2) is 103 Å². The summed E-state index contributed by atoms with van der Waals surface area (Å²) in [5, 5.41) is 0.704. The Morgan fingerprint density at radius 1 is 0.386 bits per heavy atom. The molecule has 7 rings (SSSR count). The van der Waals surface area contributed by atoms with E-state index in [0.29, 0.717) is 5.02 Å². The molecule has 0 saturated heterocycles. The van der Waals surface area contributed by atoms with Gasteiger partial charge >= 0.3 is 0 Å². The monoisotopic (exact) mass is 778 g/mol. The largest absolute Gasteiger partial charge is 0.310 e. The molecule has 300 valence electrons. The summed E-state index contributed by atoms with van der Waals surface area (Å²) < 4.78 is 0. The number of halogens is 1. The van der Waals surface area contributed by atoms with E-state index < -0.39 is 0 Å². The fourth-order valence-electron chi connectivity index (χ4n) is 9.37. The van der Waals surface area contributed by atoms with Crippen LogP contribution in [-0.4, -0.2) is 0 Å². The molecular formula is C54H67ClN2. The SMILES string of the molecule is CC(C)(C)c1cccc(N(c2cc(Cl)cc(N(c3ccc4c(c3)C(C)(C)CCC4(C)C)c3ccc4c(c3)C(C)(C)CCC4(C)C)c2)c2cccc(C(C)(C)C)c2)c1. The minimum Gasteiger partial charge on any atom is -0.310 e. The molecule has 2 aliphatic carbocycles. The van der Waals surface area contributed by atoms with E-state index in [1.165, 1.54) is 46.2 Å². The summed E-state index contributed by atoms with van der Waals surface area (Å²) >= 11 is 7.34. The van der Waals surface area contributed by atoms with Crippen molar-refractivity contribution in [1.29, 1.82) is 0 Å². The molecule has 0 bridgehead atoms. The molecule has 2 aliphatic rings. The van der Waals surface area contributed by atoms with Crippen LogP contribution in [0.5, 0.6) is 0 Å². The Balaban J connectivity index is 1.49. The number of benzene rings is 5. The van der Waals surface area contributed by atoms with Crippen molar-refractivity contribution in [2.24, 2.45) is 0 Å². The van der Waals surface area contributed by atoms with E-state index in [0.717, 1.165) is 47.0 Å². The molecule has 0 radical (unpaired) electrons. The molecule has 57 heavy (non-hydrogen) atoms. The van der Waals surface area contributed by atoms with Gasteiger partial charge in [-0.25, -0.2) is 0 Å². The zero-order chi connectivity index (χ0) is 41.5. The van der Waals surface area contributed by atoms with Gasteiger partial charge < -0.3 is 9.80 Å². The summed E-state index contributed by atoms with van der Waals surface area (Å²) in [6.07, 6.45) is 4.70. The first kappa shape index (κ1) is 41.2. The molecule has 0 aliphatic heterocycles. The fraction of sp³-hybridized carbons (Fsp3) is 0.444. The second-order valence-corrected chi connectivity index (χ2v) is 22.4. The first-order valence-electron chi connectivity index (χ1n) is 21.3. The molecule has 5 aromatic carbocycles. The number of fused-ring (bicyclic) bond motifs is 2. The van der Waals surface area contributed by atoms with Crippen molar-refractivity contribution in [3.05, 3.63) is 142 Å². The molecule has 5 aromatic rings. The van der Waals surface area contributed by atoms with Gasteiger partial charge in [0.2, 0.25) is 0 Å². The van der Waals surface area contributed by atoms with E-state index in [9.17, 15) is 0 Å². The van der Waals surface area contributed by atoms with E-state index in [4.69, 9.17) is 11.6 Å². The maximum Gasteiger partial charge on any atom is 0.0497 e. The molecule has 0 spiro atoms. The van der Waals surface area contributed by atoms with Gasteiger partial charge in [-0.2, -0.15) is 0 Å². The third kappa shape index (κ3) is 7.93. The summed E-state index contributed by atoms with van der Waals surface area (Å²) in [6.45, 7) is 33.0. The zero-order valence-electron chi connectivity index (χ0n) is 37.4. The van der Waals surface area contributed by atoms with Gasteiger partial charge in [0, 0.05) is 39.1 Å². The van der Waals surface area contributed by atoms with Gasteiger partial charge in [0.05, 0.1) is 0 Å². The van der Waals surface area contributed by atoms with Crippen LogP contribution in [0.1, 0.15) is 156 Å². The van der Waals surface area contributed by atoms with Crippen LogP contribution in [0.25, 0.3) is 0 Å². The first-order valence-corrected chi connectivity index (χ1v) is 21.7. The predicted molar refractivity (Wildman–Crippen MR) is 249 cm³/mol. The zero-order valence-corrected chi connectivity index (χ0v) is 38.2. The number of anilines is 6. The average Bonchev–Trinajstić information content (AvgIpc) is 3.12. The Hall–Kier alpha value is -4.01. The maximum absolute atomic E-state index is 7.34. The third-order valence-corrected chi connectivity index (χ3v) is 13.7. The first-order chi connectivity index (χ1) is 26.4. The maximum atomic E-state index is 7.34. The summed E-state index contributed by atoms with van der Waals surface area (Å²) in [6, 6.07) is 39.2. The highest BCUT2D eigenvalue weighted by Gasteiger charge is 2.39. The second kappa shape index (κ2) is 14.1. The Labute approximate surface area is 350 Å². The van der Waals surface area contributed by atoms with Gasteiger partial charge in [-0.1, -0.05) is 145 Å². The number of hydrogen-bond donors (Lipinski definition) is 0. The van der Waals surface area contributed by atoms with Crippen molar-refractivity contribution < 1.29 is 0 Å². The average molecular weight is 780 g/mol. The molecule has 3 heteroatoms. The normalized spacial score (nSPS) is 18.0.